The normalized spacial score (nSPS) is 11.6. The summed E-state index contributed by atoms with van der Waals surface area (Å²) in [5.74, 6) is 0.908. The molecule has 0 heterocycles. The van der Waals surface area contributed by atoms with Crippen molar-refractivity contribution in [1.29, 1.82) is 0 Å². The molecule has 4 heteroatoms. The third kappa shape index (κ3) is 5.75. The van der Waals surface area contributed by atoms with Gasteiger partial charge in [-0.3, -0.25) is 0 Å². The number of likely N-dealkylation sites (N-methyl/N-ethyl adjacent to an activating group) is 1. The third-order valence-corrected chi connectivity index (χ3v) is 4.36. The molecule has 1 unspecified atom stereocenters. The van der Waals surface area contributed by atoms with Gasteiger partial charge >= 0.3 is 0 Å². The lowest BCUT2D eigenvalue weighted by molar-refractivity contribution is 0.414. The van der Waals surface area contributed by atoms with Crippen molar-refractivity contribution in [3.63, 3.8) is 0 Å². The van der Waals surface area contributed by atoms with Crippen LogP contribution in [0.15, 0.2) is 48.5 Å². The number of rotatable bonds is 7. The first-order chi connectivity index (χ1) is 10.2. The molecule has 2 aromatic carbocycles. The topological polar surface area (TPSA) is 21.3 Å². The number of hydrogen-bond donors (Lipinski definition) is 1. The first-order valence-corrected chi connectivity index (χ1v) is 8.31. The van der Waals surface area contributed by atoms with Crippen molar-refractivity contribution in [2.45, 2.75) is 24.2 Å². The Morgan fingerprint density at radius 1 is 0.909 bits per heavy atom. The summed E-state index contributed by atoms with van der Waals surface area (Å²) in [5.41, 5.74) is 4.01. The van der Waals surface area contributed by atoms with Gasteiger partial charge in [0.2, 0.25) is 0 Å². The Hall–Kier alpha value is -0.840. The fraction of sp³-hybridized carbons (Fsp3) is 0.333. The minimum Gasteiger partial charge on any atom is -0.497 e. The molecule has 2 nitrogen and oxygen atoms in total. The van der Waals surface area contributed by atoms with E-state index >= 15 is 0 Å². The molecule has 22 heavy (non-hydrogen) atoms. The lowest BCUT2D eigenvalue weighted by Crippen LogP contribution is -2.29. The number of hydrogen-bond acceptors (Lipinski definition) is 2. The van der Waals surface area contributed by atoms with Crippen LogP contribution < -0.4 is 10.1 Å². The maximum absolute atomic E-state index is 5.20. The Bertz CT molecular complexity index is 491. The van der Waals surface area contributed by atoms with E-state index in [2.05, 4.69) is 57.6 Å². The van der Waals surface area contributed by atoms with Crippen molar-refractivity contribution in [1.82, 2.24) is 5.32 Å². The zero-order valence-electron chi connectivity index (χ0n) is 13.0. The minimum absolute atomic E-state index is 0. The molecule has 0 bridgehead atoms. The average Bonchev–Trinajstić information content (AvgIpc) is 2.55. The molecule has 0 radical (unpaired) electrons. The number of benzene rings is 2. The van der Waals surface area contributed by atoms with Gasteiger partial charge in [0, 0.05) is 11.4 Å². The van der Waals surface area contributed by atoms with Crippen molar-refractivity contribution >= 4 is 32.9 Å². The van der Waals surface area contributed by atoms with E-state index in [9.17, 15) is 0 Å². The molecular formula is C18H23Br2NO. The average molecular weight is 429 g/mol. The van der Waals surface area contributed by atoms with Crippen molar-refractivity contribution in [2.75, 3.05) is 14.2 Å². The van der Waals surface area contributed by atoms with Gasteiger partial charge in [0.05, 0.1) is 7.11 Å². The number of nitrogens with one attached hydrogen (secondary N) is 1. The Balaban J connectivity index is 0.00000242. The fourth-order valence-electron chi connectivity index (χ4n) is 2.37. The summed E-state index contributed by atoms with van der Waals surface area (Å²) in [7, 11) is 3.73. The second-order valence-electron chi connectivity index (χ2n) is 5.19. The van der Waals surface area contributed by atoms with Gasteiger partial charge in [-0.05, 0) is 48.7 Å². The van der Waals surface area contributed by atoms with Gasteiger partial charge < -0.3 is 10.1 Å². The van der Waals surface area contributed by atoms with Crippen molar-refractivity contribution in [2.24, 2.45) is 0 Å². The summed E-state index contributed by atoms with van der Waals surface area (Å²) in [6.07, 6.45) is 2.05. The highest BCUT2D eigenvalue weighted by molar-refractivity contribution is 9.08. The Labute approximate surface area is 152 Å². The van der Waals surface area contributed by atoms with Gasteiger partial charge in [0.25, 0.3) is 0 Å². The van der Waals surface area contributed by atoms with Gasteiger partial charge in [0.15, 0.2) is 0 Å². The Kier molecular flexibility index (Phi) is 8.76. The summed E-state index contributed by atoms with van der Waals surface area (Å²) in [4.78, 5) is 0. The van der Waals surface area contributed by atoms with Crippen LogP contribution in [-0.2, 0) is 18.2 Å². The Morgan fingerprint density at radius 3 is 1.77 bits per heavy atom. The van der Waals surface area contributed by atoms with Crippen LogP contribution in [0.25, 0.3) is 0 Å². The summed E-state index contributed by atoms with van der Waals surface area (Å²) >= 11 is 3.48. The van der Waals surface area contributed by atoms with Gasteiger partial charge in [-0.25, -0.2) is 0 Å². The SMILES string of the molecule is Br.CNC(Cc1ccc(CBr)cc1)Cc1ccc(OC)cc1. The molecule has 0 saturated heterocycles. The van der Waals surface area contributed by atoms with E-state index in [0.29, 0.717) is 6.04 Å². The molecule has 0 aromatic heterocycles. The monoisotopic (exact) mass is 427 g/mol. The van der Waals surface area contributed by atoms with E-state index in [1.807, 2.05) is 19.2 Å². The largest absolute Gasteiger partial charge is 0.497 e. The highest BCUT2D eigenvalue weighted by atomic mass is 79.9. The van der Waals surface area contributed by atoms with E-state index in [0.717, 1.165) is 23.9 Å². The summed E-state index contributed by atoms with van der Waals surface area (Å²) < 4.78 is 5.20. The van der Waals surface area contributed by atoms with Crippen LogP contribution in [0.3, 0.4) is 0 Å². The van der Waals surface area contributed by atoms with E-state index < -0.39 is 0 Å². The molecule has 0 fully saturated rings. The number of methoxy groups -OCH3 is 1. The van der Waals surface area contributed by atoms with Gasteiger partial charge in [-0.1, -0.05) is 52.3 Å². The van der Waals surface area contributed by atoms with E-state index in [1.165, 1.54) is 16.7 Å². The second-order valence-corrected chi connectivity index (χ2v) is 5.75. The van der Waals surface area contributed by atoms with Crippen molar-refractivity contribution < 1.29 is 4.74 Å². The van der Waals surface area contributed by atoms with E-state index in [1.54, 1.807) is 7.11 Å². The van der Waals surface area contributed by atoms with Gasteiger partial charge in [0.1, 0.15) is 5.75 Å². The molecule has 1 atom stereocenters. The molecule has 0 spiro atoms. The molecule has 0 aliphatic carbocycles. The third-order valence-electron chi connectivity index (χ3n) is 3.71. The van der Waals surface area contributed by atoms with Crippen LogP contribution in [0, 0.1) is 0 Å². The molecular weight excluding hydrogens is 406 g/mol. The maximum atomic E-state index is 5.20. The van der Waals surface area contributed by atoms with Gasteiger partial charge in [-0.2, -0.15) is 0 Å². The number of alkyl halides is 1. The zero-order chi connectivity index (χ0) is 15.1. The number of ether oxygens (including phenoxy) is 1. The molecule has 0 aliphatic heterocycles. The van der Waals surface area contributed by atoms with Crippen LogP contribution in [0.2, 0.25) is 0 Å². The molecule has 0 aliphatic rings. The van der Waals surface area contributed by atoms with Crippen LogP contribution in [0.5, 0.6) is 5.75 Å². The Morgan fingerprint density at radius 2 is 1.36 bits per heavy atom. The lowest BCUT2D eigenvalue weighted by atomic mass is 9.98. The summed E-state index contributed by atoms with van der Waals surface area (Å²) in [5, 5.41) is 4.33. The van der Waals surface area contributed by atoms with Crippen LogP contribution in [0.4, 0.5) is 0 Å². The predicted molar refractivity (Wildman–Crippen MR) is 103 cm³/mol. The maximum Gasteiger partial charge on any atom is 0.118 e. The minimum atomic E-state index is 0. The van der Waals surface area contributed by atoms with E-state index in [4.69, 9.17) is 4.74 Å². The fourth-order valence-corrected chi connectivity index (χ4v) is 2.75. The summed E-state index contributed by atoms with van der Waals surface area (Å²) in [6.45, 7) is 0. The van der Waals surface area contributed by atoms with Crippen molar-refractivity contribution in [3.8, 4) is 5.75 Å². The van der Waals surface area contributed by atoms with Crippen LogP contribution in [0.1, 0.15) is 16.7 Å². The van der Waals surface area contributed by atoms with Gasteiger partial charge in [-0.15, -0.1) is 17.0 Å². The first-order valence-electron chi connectivity index (χ1n) is 7.19. The molecule has 2 rings (SSSR count). The highest BCUT2D eigenvalue weighted by Crippen LogP contribution is 2.15. The number of halogens is 2. The van der Waals surface area contributed by atoms with Crippen molar-refractivity contribution in [3.05, 3.63) is 65.2 Å². The molecule has 0 amide bonds. The second kappa shape index (κ2) is 10.0. The van der Waals surface area contributed by atoms with Crippen LogP contribution >= 0.6 is 32.9 Å². The summed E-state index contributed by atoms with van der Waals surface area (Å²) in [6, 6.07) is 17.6. The predicted octanol–water partition coefficient (Wildman–Crippen LogP) is 4.54. The lowest BCUT2D eigenvalue weighted by Gasteiger charge is -2.17. The van der Waals surface area contributed by atoms with Crippen LogP contribution in [-0.4, -0.2) is 20.2 Å². The quantitative estimate of drug-likeness (QED) is 0.653. The highest BCUT2D eigenvalue weighted by Gasteiger charge is 2.08. The van der Waals surface area contributed by atoms with E-state index in [-0.39, 0.29) is 17.0 Å². The smallest absolute Gasteiger partial charge is 0.118 e. The first kappa shape index (κ1) is 19.2. The molecule has 0 saturated carbocycles. The standard InChI is InChI=1S/C18H22BrNO.BrH/c1-20-17(11-14-3-5-16(13-19)6-4-14)12-15-7-9-18(21-2)10-8-15;/h3-10,17,20H,11-13H2,1-2H3;1H. The zero-order valence-corrected chi connectivity index (χ0v) is 16.3. The molecule has 1 N–H and O–H groups in total. The molecule has 2 aromatic rings. The molecule has 120 valence electrons.